The van der Waals surface area contributed by atoms with Crippen LogP contribution in [-0.2, 0) is 10.0 Å². The van der Waals surface area contributed by atoms with E-state index in [-0.39, 0.29) is 10.7 Å². The van der Waals surface area contributed by atoms with Gasteiger partial charge < -0.3 is 10.6 Å². The Bertz CT molecular complexity index is 564. The van der Waals surface area contributed by atoms with Crippen LogP contribution in [0.15, 0.2) is 21.6 Å². The van der Waals surface area contributed by atoms with Gasteiger partial charge in [0, 0.05) is 30.3 Å². The van der Waals surface area contributed by atoms with Crippen LogP contribution < -0.4 is 5.73 Å². The van der Waals surface area contributed by atoms with Crippen molar-refractivity contribution >= 4 is 31.8 Å². The van der Waals surface area contributed by atoms with Crippen LogP contribution in [0.1, 0.15) is 6.42 Å². The number of anilines is 1. The van der Waals surface area contributed by atoms with Crippen molar-refractivity contribution in [3.63, 3.8) is 0 Å². The predicted octanol–water partition coefficient (Wildman–Crippen LogP) is 0.752. The molecule has 1 aliphatic heterocycles. The van der Waals surface area contributed by atoms with Gasteiger partial charge in [-0.2, -0.15) is 4.31 Å². The first kappa shape index (κ1) is 14.7. The molecule has 1 aromatic heterocycles. The second-order valence-electron chi connectivity index (χ2n) is 4.60. The van der Waals surface area contributed by atoms with E-state index in [4.69, 9.17) is 5.73 Å². The molecule has 0 aromatic carbocycles. The van der Waals surface area contributed by atoms with Gasteiger partial charge in [-0.15, -0.1) is 0 Å². The zero-order valence-corrected chi connectivity index (χ0v) is 13.1. The lowest BCUT2D eigenvalue weighted by Crippen LogP contribution is -2.35. The third kappa shape index (κ3) is 3.25. The molecule has 8 heteroatoms. The van der Waals surface area contributed by atoms with Crippen LogP contribution in [0, 0.1) is 0 Å². The van der Waals surface area contributed by atoms with Crippen molar-refractivity contribution in [3.05, 3.63) is 16.7 Å². The second kappa shape index (κ2) is 5.74. The van der Waals surface area contributed by atoms with E-state index in [1.807, 2.05) is 7.05 Å². The average Bonchev–Trinajstić information content (AvgIpc) is 2.57. The quantitative estimate of drug-likeness (QED) is 0.853. The molecule has 2 N–H and O–H groups in total. The highest BCUT2D eigenvalue weighted by molar-refractivity contribution is 9.10. The number of nitrogens with zero attached hydrogens (tertiary/aromatic N) is 3. The molecule has 0 atom stereocenters. The summed E-state index contributed by atoms with van der Waals surface area (Å²) in [5.74, 6) is 0.0424. The van der Waals surface area contributed by atoms with Gasteiger partial charge in [0.1, 0.15) is 10.7 Å². The van der Waals surface area contributed by atoms with Crippen molar-refractivity contribution in [1.82, 2.24) is 14.2 Å². The van der Waals surface area contributed by atoms with E-state index in [1.54, 1.807) is 0 Å². The molecule has 19 heavy (non-hydrogen) atoms. The molecule has 2 heterocycles. The number of halogens is 1. The van der Waals surface area contributed by atoms with Crippen LogP contribution >= 0.6 is 15.9 Å². The SMILES string of the molecule is CN1CCCN(S(=O)(=O)c2cc(Br)cnc2N)CC1. The third-order valence-electron chi connectivity index (χ3n) is 3.14. The molecule has 0 spiro atoms. The number of nitrogen functional groups attached to an aromatic ring is 1. The minimum atomic E-state index is -3.57. The van der Waals surface area contributed by atoms with Crippen molar-refractivity contribution in [1.29, 1.82) is 0 Å². The first-order valence-corrected chi connectivity index (χ1v) is 8.24. The molecule has 106 valence electrons. The smallest absolute Gasteiger partial charge is 0.246 e. The molecule has 0 saturated carbocycles. The maximum atomic E-state index is 12.6. The fourth-order valence-electron chi connectivity index (χ4n) is 2.04. The number of aromatic nitrogens is 1. The van der Waals surface area contributed by atoms with Gasteiger partial charge in [-0.05, 0) is 42.0 Å². The molecule has 1 aliphatic rings. The van der Waals surface area contributed by atoms with Crippen LogP contribution in [0.5, 0.6) is 0 Å². The van der Waals surface area contributed by atoms with Crippen molar-refractivity contribution in [2.24, 2.45) is 0 Å². The molecule has 2 rings (SSSR count). The Labute approximate surface area is 121 Å². The Hall–Kier alpha value is -0.700. The van der Waals surface area contributed by atoms with Crippen LogP contribution in [0.2, 0.25) is 0 Å². The number of rotatable bonds is 2. The number of likely N-dealkylation sites (N-methyl/N-ethyl adjacent to an activating group) is 1. The Kier molecular flexibility index (Phi) is 4.44. The van der Waals surface area contributed by atoms with Gasteiger partial charge in [-0.1, -0.05) is 0 Å². The van der Waals surface area contributed by atoms with Crippen LogP contribution in [0.3, 0.4) is 0 Å². The molecular weight excluding hydrogens is 332 g/mol. The van der Waals surface area contributed by atoms with Crippen molar-refractivity contribution in [2.45, 2.75) is 11.3 Å². The number of pyridine rings is 1. The fraction of sp³-hybridized carbons (Fsp3) is 0.545. The standard InChI is InChI=1S/C11H17BrN4O2S/c1-15-3-2-4-16(6-5-15)19(17,18)10-7-9(12)8-14-11(10)13/h7-8H,2-6H2,1H3,(H2,13,14). The molecule has 0 bridgehead atoms. The summed E-state index contributed by atoms with van der Waals surface area (Å²) in [5.41, 5.74) is 5.70. The molecule has 0 unspecified atom stereocenters. The number of nitrogens with two attached hydrogens (primary N) is 1. The van der Waals surface area contributed by atoms with E-state index >= 15 is 0 Å². The highest BCUT2D eigenvalue weighted by Crippen LogP contribution is 2.24. The molecule has 1 fully saturated rings. The normalized spacial score (nSPS) is 19.3. The van der Waals surface area contributed by atoms with Gasteiger partial charge >= 0.3 is 0 Å². The van der Waals surface area contributed by atoms with E-state index < -0.39 is 10.0 Å². The predicted molar refractivity (Wildman–Crippen MR) is 77.2 cm³/mol. The average molecular weight is 349 g/mol. The molecular formula is C11H17BrN4O2S. The van der Waals surface area contributed by atoms with Gasteiger partial charge in [-0.3, -0.25) is 0 Å². The van der Waals surface area contributed by atoms with Gasteiger partial charge in [-0.25, -0.2) is 13.4 Å². The maximum absolute atomic E-state index is 12.6. The topological polar surface area (TPSA) is 79.5 Å². The van der Waals surface area contributed by atoms with E-state index in [1.165, 1.54) is 16.6 Å². The van der Waals surface area contributed by atoms with Gasteiger partial charge in [0.05, 0.1) is 0 Å². The highest BCUT2D eigenvalue weighted by atomic mass is 79.9. The Morgan fingerprint density at radius 2 is 2.05 bits per heavy atom. The Morgan fingerprint density at radius 1 is 1.32 bits per heavy atom. The molecule has 6 nitrogen and oxygen atoms in total. The van der Waals surface area contributed by atoms with Gasteiger partial charge in [0.15, 0.2) is 0 Å². The van der Waals surface area contributed by atoms with E-state index in [2.05, 4.69) is 25.8 Å². The summed E-state index contributed by atoms with van der Waals surface area (Å²) < 4.78 is 27.3. The molecule has 1 aromatic rings. The third-order valence-corrected chi connectivity index (χ3v) is 5.51. The van der Waals surface area contributed by atoms with Crippen LogP contribution in [-0.4, -0.2) is 55.8 Å². The lowest BCUT2D eigenvalue weighted by atomic mass is 10.4. The van der Waals surface area contributed by atoms with Gasteiger partial charge in [0.2, 0.25) is 10.0 Å². The summed E-state index contributed by atoms with van der Waals surface area (Å²) in [4.78, 5) is 6.09. The largest absolute Gasteiger partial charge is 0.383 e. The Balaban J connectivity index is 2.33. The first-order chi connectivity index (χ1) is 8.91. The monoisotopic (exact) mass is 348 g/mol. The summed E-state index contributed by atoms with van der Waals surface area (Å²) in [5, 5.41) is 0. The summed E-state index contributed by atoms with van der Waals surface area (Å²) in [6, 6.07) is 1.51. The minimum Gasteiger partial charge on any atom is -0.383 e. The summed E-state index contributed by atoms with van der Waals surface area (Å²) in [6.07, 6.45) is 2.31. The zero-order valence-electron chi connectivity index (χ0n) is 10.7. The molecule has 1 saturated heterocycles. The fourth-order valence-corrected chi connectivity index (χ4v) is 4.09. The zero-order chi connectivity index (χ0) is 14.0. The summed E-state index contributed by atoms with van der Waals surface area (Å²) in [7, 11) is -1.58. The number of hydrogen-bond donors (Lipinski definition) is 1. The van der Waals surface area contributed by atoms with Crippen molar-refractivity contribution in [2.75, 3.05) is 39.0 Å². The first-order valence-electron chi connectivity index (χ1n) is 6.01. The van der Waals surface area contributed by atoms with Crippen LogP contribution in [0.25, 0.3) is 0 Å². The van der Waals surface area contributed by atoms with E-state index in [0.29, 0.717) is 17.6 Å². The lowest BCUT2D eigenvalue weighted by molar-refractivity contribution is 0.347. The lowest BCUT2D eigenvalue weighted by Gasteiger charge is -2.20. The molecule has 0 amide bonds. The van der Waals surface area contributed by atoms with Crippen molar-refractivity contribution in [3.8, 4) is 0 Å². The van der Waals surface area contributed by atoms with Crippen LogP contribution in [0.4, 0.5) is 5.82 Å². The molecule has 0 radical (unpaired) electrons. The minimum absolute atomic E-state index is 0.0424. The molecule has 0 aliphatic carbocycles. The maximum Gasteiger partial charge on any atom is 0.246 e. The van der Waals surface area contributed by atoms with E-state index in [9.17, 15) is 8.42 Å². The number of sulfonamides is 1. The number of hydrogen-bond acceptors (Lipinski definition) is 5. The summed E-state index contributed by atoms with van der Waals surface area (Å²) >= 11 is 3.23. The van der Waals surface area contributed by atoms with E-state index in [0.717, 1.165) is 19.5 Å². The van der Waals surface area contributed by atoms with Gasteiger partial charge in [0.25, 0.3) is 0 Å². The second-order valence-corrected chi connectivity index (χ2v) is 7.42. The van der Waals surface area contributed by atoms with Crippen molar-refractivity contribution < 1.29 is 8.42 Å². The summed E-state index contributed by atoms with van der Waals surface area (Å²) in [6.45, 7) is 2.61. The highest BCUT2D eigenvalue weighted by Gasteiger charge is 2.28. The Morgan fingerprint density at radius 3 is 2.79 bits per heavy atom.